The number of hydrogen-bond donors (Lipinski definition) is 1. The van der Waals surface area contributed by atoms with Gasteiger partial charge in [-0.05, 0) is 32.7 Å². The van der Waals surface area contributed by atoms with Gasteiger partial charge < -0.3 is 10.1 Å². The van der Waals surface area contributed by atoms with Crippen molar-refractivity contribution in [1.82, 2.24) is 5.32 Å². The van der Waals surface area contributed by atoms with Crippen molar-refractivity contribution in [3.8, 4) is 0 Å². The van der Waals surface area contributed by atoms with Crippen molar-refractivity contribution < 1.29 is 17.9 Å². The molecule has 90 valence electrons. The van der Waals surface area contributed by atoms with E-state index in [0.717, 1.165) is 26.3 Å². The Morgan fingerprint density at radius 3 is 2.60 bits per heavy atom. The number of ether oxygens (including phenoxy) is 1. The highest BCUT2D eigenvalue weighted by atomic mass is 19.4. The van der Waals surface area contributed by atoms with Crippen molar-refractivity contribution in [2.45, 2.75) is 57.5 Å². The van der Waals surface area contributed by atoms with Crippen LogP contribution in [0.2, 0.25) is 0 Å². The predicted molar refractivity (Wildman–Crippen MR) is 51.7 cm³/mol. The van der Waals surface area contributed by atoms with E-state index in [-0.39, 0.29) is 6.10 Å². The summed E-state index contributed by atoms with van der Waals surface area (Å²) in [7, 11) is 0. The Morgan fingerprint density at radius 1 is 1.40 bits per heavy atom. The lowest BCUT2D eigenvalue weighted by atomic mass is 10.2. The van der Waals surface area contributed by atoms with Crippen LogP contribution in [0.1, 0.15) is 33.1 Å². The smallest absolute Gasteiger partial charge is 0.366 e. The molecule has 0 spiro atoms. The quantitative estimate of drug-likeness (QED) is 0.793. The van der Waals surface area contributed by atoms with Crippen LogP contribution in [0.3, 0.4) is 0 Å². The van der Waals surface area contributed by atoms with E-state index in [9.17, 15) is 13.2 Å². The van der Waals surface area contributed by atoms with Crippen LogP contribution < -0.4 is 5.32 Å². The molecule has 1 aliphatic rings. The van der Waals surface area contributed by atoms with Crippen molar-refractivity contribution >= 4 is 0 Å². The van der Waals surface area contributed by atoms with Gasteiger partial charge >= 0.3 is 6.18 Å². The van der Waals surface area contributed by atoms with Gasteiger partial charge in [0.2, 0.25) is 0 Å². The van der Waals surface area contributed by atoms with E-state index < -0.39 is 12.3 Å². The van der Waals surface area contributed by atoms with E-state index in [4.69, 9.17) is 4.74 Å². The molecule has 0 aromatic heterocycles. The van der Waals surface area contributed by atoms with Crippen molar-refractivity contribution in [1.29, 1.82) is 0 Å². The lowest BCUT2D eigenvalue weighted by Gasteiger charge is -2.21. The van der Waals surface area contributed by atoms with Gasteiger partial charge in [0, 0.05) is 6.04 Å². The molecule has 1 saturated carbocycles. The van der Waals surface area contributed by atoms with Crippen LogP contribution in [0.5, 0.6) is 0 Å². The lowest BCUT2D eigenvalue weighted by molar-refractivity contribution is -0.226. The van der Waals surface area contributed by atoms with Crippen LogP contribution in [-0.4, -0.2) is 31.0 Å². The summed E-state index contributed by atoms with van der Waals surface area (Å²) in [5.74, 6) is 0. The largest absolute Gasteiger partial charge is 0.414 e. The monoisotopic (exact) mass is 225 g/mol. The first-order chi connectivity index (χ1) is 6.93. The van der Waals surface area contributed by atoms with E-state index in [1.165, 1.54) is 0 Å². The molecular weight excluding hydrogens is 207 g/mol. The van der Waals surface area contributed by atoms with E-state index in [1.807, 2.05) is 6.92 Å². The predicted octanol–water partition coefficient (Wildman–Crippen LogP) is 2.48. The Kier molecular flexibility index (Phi) is 4.40. The first kappa shape index (κ1) is 12.8. The topological polar surface area (TPSA) is 21.3 Å². The summed E-state index contributed by atoms with van der Waals surface area (Å²) in [5.41, 5.74) is 0. The minimum atomic E-state index is -4.24. The molecule has 0 aromatic carbocycles. The van der Waals surface area contributed by atoms with E-state index >= 15 is 0 Å². The van der Waals surface area contributed by atoms with Crippen molar-refractivity contribution in [2.75, 3.05) is 6.54 Å². The second kappa shape index (κ2) is 5.16. The lowest BCUT2D eigenvalue weighted by Crippen LogP contribution is -2.33. The minimum Gasteiger partial charge on any atom is -0.366 e. The van der Waals surface area contributed by atoms with Gasteiger partial charge in [0.15, 0.2) is 6.10 Å². The summed E-state index contributed by atoms with van der Waals surface area (Å²) in [6, 6.07) is 0.320. The van der Waals surface area contributed by atoms with Crippen LogP contribution in [0.25, 0.3) is 0 Å². The average Bonchev–Trinajstić information content (AvgIpc) is 2.51. The summed E-state index contributed by atoms with van der Waals surface area (Å²) in [6.07, 6.45) is -3.82. The highest BCUT2D eigenvalue weighted by molar-refractivity contribution is 4.82. The van der Waals surface area contributed by atoms with E-state index in [1.54, 1.807) is 0 Å². The maximum absolute atomic E-state index is 12.2. The third-order valence-electron chi connectivity index (χ3n) is 2.73. The molecule has 5 heteroatoms. The SMILES string of the molecule is CCNC1CCC(OC(C)C(F)(F)F)C1. The molecule has 0 heterocycles. The maximum Gasteiger partial charge on any atom is 0.414 e. The summed E-state index contributed by atoms with van der Waals surface area (Å²) in [6.45, 7) is 3.92. The Labute approximate surface area is 88.2 Å². The standard InChI is InChI=1S/C10H18F3NO/c1-3-14-8-4-5-9(6-8)15-7(2)10(11,12)13/h7-9,14H,3-6H2,1-2H3. The first-order valence-electron chi connectivity index (χ1n) is 5.39. The fraction of sp³-hybridized carbons (Fsp3) is 1.00. The second-order valence-electron chi connectivity index (χ2n) is 4.01. The Hall–Kier alpha value is -0.290. The highest BCUT2D eigenvalue weighted by Gasteiger charge is 2.39. The second-order valence-corrected chi connectivity index (χ2v) is 4.01. The van der Waals surface area contributed by atoms with Gasteiger partial charge in [-0.2, -0.15) is 13.2 Å². The molecule has 1 aliphatic carbocycles. The van der Waals surface area contributed by atoms with Gasteiger partial charge in [0.1, 0.15) is 0 Å². The molecule has 0 radical (unpaired) electrons. The Bertz CT molecular complexity index is 196. The number of nitrogens with one attached hydrogen (secondary N) is 1. The average molecular weight is 225 g/mol. The molecule has 3 atom stereocenters. The summed E-state index contributed by atoms with van der Waals surface area (Å²) >= 11 is 0. The van der Waals surface area contributed by atoms with Gasteiger partial charge in [-0.1, -0.05) is 6.92 Å². The van der Waals surface area contributed by atoms with Crippen LogP contribution in [-0.2, 0) is 4.74 Å². The Morgan fingerprint density at radius 2 is 2.07 bits per heavy atom. The number of alkyl halides is 3. The molecule has 1 rings (SSSR count). The molecule has 1 N–H and O–H groups in total. The highest BCUT2D eigenvalue weighted by Crippen LogP contribution is 2.29. The van der Waals surface area contributed by atoms with Crippen molar-refractivity contribution in [3.05, 3.63) is 0 Å². The summed E-state index contributed by atoms with van der Waals surface area (Å²) in [5, 5.41) is 3.23. The van der Waals surface area contributed by atoms with E-state index in [0.29, 0.717) is 12.5 Å². The fourth-order valence-corrected chi connectivity index (χ4v) is 1.90. The molecule has 1 fully saturated rings. The maximum atomic E-state index is 12.2. The summed E-state index contributed by atoms with van der Waals surface area (Å²) in [4.78, 5) is 0. The zero-order valence-corrected chi connectivity index (χ0v) is 9.10. The molecule has 15 heavy (non-hydrogen) atoms. The molecule has 0 bridgehead atoms. The molecule has 2 nitrogen and oxygen atoms in total. The van der Waals surface area contributed by atoms with Gasteiger partial charge in [0.25, 0.3) is 0 Å². The van der Waals surface area contributed by atoms with Gasteiger partial charge in [0.05, 0.1) is 6.10 Å². The molecule has 0 amide bonds. The minimum absolute atomic E-state index is 0.245. The molecule has 3 unspecified atom stereocenters. The summed E-state index contributed by atoms with van der Waals surface area (Å²) < 4.78 is 41.6. The fourth-order valence-electron chi connectivity index (χ4n) is 1.90. The third kappa shape index (κ3) is 3.99. The van der Waals surface area contributed by atoms with Crippen molar-refractivity contribution in [2.24, 2.45) is 0 Å². The normalized spacial score (nSPS) is 29.4. The molecule has 0 saturated heterocycles. The van der Waals surface area contributed by atoms with Crippen LogP contribution in [0.15, 0.2) is 0 Å². The zero-order valence-electron chi connectivity index (χ0n) is 9.10. The molecule has 0 aromatic rings. The number of rotatable bonds is 4. The molecule has 0 aliphatic heterocycles. The first-order valence-corrected chi connectivity index (χ1v) is 5.39. The number of hydrogen-bond acceptors (Lipinski definition) is 2. The van der Waals surface area contributed by atoms with Gasteiger partial charge in [-0.3, -0.25) is 0 Å². The Balaban J connectivity index is 2.30. The van der Waals surface area contributed by atoms with Crippen LogP contribution in [0, 0.1) is 0 Å². The van der Waals surface area contributed by atoms with Crippen LogP contribution >= 0.6 is 0 Å². The van der Waals surface area contributed by atoms with Gasteiger partial charge in [-0.15, -0.1) is 0 Å². The van der Waals surface area contributed by atoms with Gasteiger partial charge in [-0.25, -0.2) is 0 Å². The zero-order chi connectivity index (χ0) is 11.5. The van der Waals surface area contributed by atoms with Crippen LogP contribution in [0.4, 0.5) is 13.2 Å². The number of halogens is 3. The molecular formula is C10H18F3NO. The van der Waals surface area contributed by atoms with Crippen molar-refractivity contribution in [3.63, 3.8) is 0 Å². The third-order valence-corrected chi connectivity index (χ3v) is 2.73. The van der Waals surface area contributed by atoms with E-state index in [2.05, 4.69) is 5.32 Å².